The average Bonchev–Trinajstić information content (AvgIpc) is 3.25. The normalized spacial score (nSPS) is 17.9. The van der Waals surface area contributed by atoms with Gasteiger partial charge in [0.25, 0.3) is 0 Å². The Balaban J connectivity index is 1.55. The molecule has 2 aliphatic rings. The minimum atomic E-state index is -0.623. The van der Waals surface area contributed by atoms with Crippen molar-refractivity contribution in [3.05, 3.63) is 95.6 Å². The third kappa shape index (κ3) is 14.9. The summed E-state index contributed by atoms with van der Waals surface area (Å²) in [6.45, 7) is 15.7. The van der Waals surface area contributed by atoms with E-state index >= 15 is 0 Å². The van der Waals surface area contributed by atoms with Crippen LogP contribution in [0.25, 0.3) is 16.7 Å². The Bertz CT molecular complexity index is 1650. The highest BCUT2D eigenvalue weighted by atomic mass is 16.5. The third-order valence-corrected chi connectivity index (χ3v) is 12.6. The predicted octanol–water partition coefficient (Wildman–Crippen LogP) is 11.7. The number of hydrogen-bond acceptors (Lipinski definition) is 7. The molecule has 2 aliphatic carbocycles. The molecule has 2 aromatic rings. The van der Waals surface area contributed by atoms with Crippen molar-refractivity contribution >= 4 is 17.5 Å². The summed E-state index contributed by atoms with van der Waals surface area (Å²) in [4.78, 5) is 24.3. The Morgan fingerprint density at radius 2 is 1.31 bits per heavy atom. The van der Waals surface area contributed by atoms with Crippen molar-refractivity contribution < 1.29 is 34.0 Å². The summed E-state index contributed by atoms with van der Waals surface area (Å²) in [6.07, 6.45) is 24.8. The predicted molar refractivity (Wildman–Crippen MR) is 241 cm³/mol. The molecule has 7 nitrogen and oxygen atoms in total. The molecule has 0 radical (unpaired) electrons. The summed E-state index contributed by atoms with van der Waals surface area (Å²) in [5, 5.41) is 20.6. The van der Waals surface area contributed by atoms with E-state index in [2.05, 4.69) is 81.6 Å². The standard InChI is InChI=1S/C52H74O7/c1-7-9-11-14-40-17-19-41(20-18-40)42-21-23-43(24-22-42)44-25-27-45(28-26-44)48-34-46(15-12-31-58-50(55)38(3)4)49(47(35-48)16-13-32-59-51(56)39(5)6)57-33-30-52(36-53,37-54)29-10-8-2/h21,23-28,34-35,40-42,53-54H,3,5,7-20,22,29-33,36-37H2,1-2,4,6H3. The second-order valence-corrected chi connectivity index (χ2v) is 17.5. The Labute approximate surface area is 356 Å². The van der Waals surface area contributed by atoms with E-state index in [1.54, 1.807) is 13.8 Å². The Hall–Kier alpha value is -3.94. The number of esters is 2. The molecule has 324 valence electrons. The van der Waals surface area contributed by atoms with Crippen molar-refractivity contribution in [3.63, 3.8) is 0 Å². The van der Waals surface area contributed by atoms with Crippen LogP contribution in [0.3, 0.4) is 0 Å². The fourth-order valence-corrected chi connectivity index (χ4v) is 8.64. The lowest BCUT2D eigenvalue weighted by molar-refractivity contribution is -0.139. The molecule has 0 aromatic heterocycles. The monoisotopic (exact) mass is 811 g/mol. The molecule has 1 saturated carbocycles. The highest BCUT2D eigenvalue weighted by molar-refractivity contribution is 5.87. The molecular formula is C52H74O7. The molecule has 59 heavy (non-hydrogen) atoms. The Kier molecular flexibility index (Phi) is 20.2. The molecule has 0 spiro atoms. The van der Waals surface area contributed by atoms with E-state index in [0.717, 1.165) is 59.1 Å². The molecule has 0 bridgehead atoms. The number of allylic oxidation sites excluding steroid dienone is 4. The summed E-state index contributed by atoms with van der Waals surface area (Å²) in [5.41, 5.74) is 6.69. The number of rotatable bonds is 26. The number of carbonyl (C=O) groups is 2. The van der Waals surface area contributed by atoms with Gasteiger partial charge in [-0.2, -0.15) is 0 Å². The number of unbranched alkanes of at least 4 members (excludes halogenated alkanes) is 3. The van der Waals surface area contributed by atoms with Crippen LogP contribution in [0.4, 0.5) is 0 Å². The van der Waals surface area contributed by atoms with E-state index in [1.165, 1.54) is 62.5 Å². The lowest BCUT2D eigenvalue weighted by Gasteiger charge is -2.33. The first-order valence-electron chi connectivity index (χ1n) is 22.7. The van der Waals surface area contributed by atoms with Crippen LogP contribution in [0, 0.1) is 23.2 Å². The summed E-state index contributed by atoms with van der Waals surface area (Å²) in [7, 11) is 0. The van der Waals surface area contributed by atoms with Gasteiger partial charge >= 0.3 is 11.9 Å². The largest absolute Gasteiger partial charge is 0.493 e. The maximum atomic E-state index is 12.2. The van der Waals surface area contributed by atoms with E-state index in [9.17, 15) is 19.8 Å². The van der Waals surface area contributed by atoms with Crippen molar-refractivity contribution in [3.8, 4) is 16.9 Å². The first-order chi connectivity index (χ1) is 28.5. The van der Waals surface area contributed by atoms with Gasteiger partial charge in [-0.1, -0.05) is 121 Å². The van der Waals surface area contributed by atoms with Gasteiger partial charge in [0.2, 0.25) is 0 Å². The molecular weight excluding hydrogens is 737 g/mol. The fraction of sp³-hybridized carbons (Fsp3) is 0.577. The molecule has 0 aliphatic heterocycles. The number of aryl methyl sites for hydroxylation is 2. The third-order valence-electron chi connectivity index (χ3n) is 12.6. The first kappa shape index (κ1) is 47.7. The number of aliphatic hydroxyl groups excluding tert-OH is 2. The number of carbonyl (C=O) groups excluding carboxylic acids is 2. The zero-order chi connectivity index (χ0) is 42.6. The summed E-state index contributed by atoms with van der Waals surface area (Å²) in [6, 6.07) is 13.1. The van der Waals surface area contributed by atoms with Crippen LogP contribution in [0.15, 0.2) is 78.9 Å². The van der Waals surface area contributed by atoms with Gasteiger partial charge in [-0.05, 0) is 135 Å². The van der Waals surface area contributed by atoms with Crippen molar-refractivity contribution in [2.45, 2.75) is 137 Å². The van der Waals surface area contributed by atoms with Gasteiger partial charge in [0, 0.05) is 16.6 Å². The van der Waals surface area contributed by atoms with Crippen LogP contribution in [0.2, 0.25) is 0 Å². The van der Waals surface area contributed by atoms with E-state index in [1.807, 2.05) is 0 Å². The van der Waals surface area contributed by atoms with Gasteiger partial charge in [0.15, 0.2) is 0 Å². The molecule has 0 heterocycles. The zero-order valence-corrected chi connectivity index (χ0v) is 36.8. The summed E-state index contributed by atoms with van der Waals surface area (Å²) in [5.74, 6) is 2.31. The molecule has 2 N–H and O–H groups in total. The van der Waals surface area contributed by atoms with Gasteiger partial charge in [0.05, 0.1) is 33.0 Å². The second kappa shape index (κ2) is 25.0. The molecule has 7 heteroatoms. The minimum absolute atomic E-state index is 0.114. The van der Waals surface area contributed by atoms with Crippen LogP contribution < -0.4 is 4.74 Å². The van der Waals surface area contributed by atoms with Crippen LogP contribution in [-0.4, -0.2) is 55.2 Å². The Morgan fingerprint density at radius 1 is 0.729 bits per heavy atom. The van der Waals surface area contributed by atoms with E-state index in [0.29, 0.717) is 62.2 Å². The Morgan fingerprint density at radius 3 is 1.81 bits per heavy atom. The van der Waals surface area contributed by atoms with E-state index in [4.69, 9.17) is 14.2 Å². The fourth-order valence-electron chi connectivity index (χ4n) is 8.64. The highest BCUT2D eigenvalue weighted by Crippen LogP contribution is 2.40. The van der Waals surface area contributed by atoms with Gasteiger partial charge < -0.3 is 24.4 Å². The maximum Gasteiger partial charge on any atom is 0.333 e. The highest BCUT2D eigenvalue weighted by Gasteiger charge is 2.29. The molecule has 1 unspecified atom stereocenters. The van der Waals surface area contributed by atoms with Gasteiger partial charge in [-0.25, -0.2) is 9.59 Å². The molecule has 1 atom stereocenters. The zero-order valence-electron chi connectivity index (χ0n) is 36.8. The number of ether oxygens (including phenoxy) is 3. The van der Waals surface area contributed by atoms with Gasteiger partial charge in [0.1, 0.15) is 5.75 Å². The molecule has 4 rings (SSSR count). The van der Waals surface area contributed by atoms with Crippen molar-refractivity contribution in [1.82, 2.24) is 0 Å². The minimum Gasteiger partial charge on any atom is -0.493 e. The average molecular weight is 811 g/mol. The molecule has 0 amide bonds. The van der Waals surface area contributed by atoms with Crippen molar-refractivity contribution in [2.75, 3.05) is 33.0 Å². The SMILES string of the molecule is C=C(C)C(=O)OCCCc1cc(-c2ccc(C3=CCC(C4CCC(CCCCC)CC4)C=C3)cc2)cc(CCCOC(=O)C(=C)C)c1OCCC(CO)(CO)CCCC. The van der Waals surface area contributed by atoms with Gasteiger partial charge in [-0.3, -0.25) is 0 Å². The second-order valence-electron chi connectivity index (χ2n) is 17.5. The maximum absolute atomic E-state index is 12.2. The van der Waals surface area contributed by atoms with Crippen molar-refractivity contribution in [2.24, 2.45) is 23.2 Å². The topological polar surface area (TPSA) is 102 Å². The van der Waals surface area contributed by atoms with Gasteiger partial charge in [-0.15, -0.1) is 0 Å². The molecule has 0 saturated heterocycles. The summed E-state index contributed by atoms with van der Waals surface area (Å²) >= 11 is 0. The first-order valence-corrected chi connectivity index (χ1v) is 22.7. The van der Waals surface area contributed by atoms with Crippen molar-refractivity contribution in [1.29, 1.82) is 0 Å². The van der Waals surface area contributed by atoms with E-state index in [-0.39, 0.29) is 26.4 Å². The quantitative estimate of drug-likeness (QED) is 0.0554. The number of hydrogen-bond donors (Lipinski definition) is 2. The molecule has 2 aromatic carbocycles. The molecule has 1 fully saturated rings. The number of benzene rings is 2. The lowest BCUT2D eigenvalue weighted by atomic mass is 9.72. The smallest absolute Gasteiger partial charge is 0.333 e. The van der Waals surface area contributed by atoms with Crippen LogP contribution in [-0.2, 0) is 31.9 Å². The van der Waals surface area contributed by atoms with Crippen LogP contribution >= 0.6 is 0 Å². The van der Waals surface area contributed by atoms with Crippen LogP contribution in [0.1, 0.15) is 141 Å². The number of aliphatic hydroxyl groups is 2. The lowest BCUT2D eigenvalue weighted by Crippen LogP contribution is -2.32. The van der Waals surface area contributed by atoms with Crippen LogP contribution in [0.5, 0.6) is 5.75 Å². The summed E-state index contributed by atoms with van der Waals surface area (Å²) < 4.78 is 17.5. The van der Waals surface area contributed by atoms with E-state index < -0.39 is 17.4 Å².